The van der Waals surface area contributed by atoms with Crippen molar-refractivity contribution in [2.75, 3.05) is 25.1 Å². The van der Waals surface area contributed by atoms with Crippen LogP contribution in [0.25, 0.3) is 0 Å². The lowest BCUT2D eigenvalue weighted by Crippen LogP contribution is -2.24. The molecule has 0 saturated heterocycles. The summed E-state index contributed by atoms with van der Waals surface area (Å²) in [4.78, 5) is 47.5. The molecule has 0 aliphatic rings. The van der Waals surface area contributed by atoms with E-state index < -0.39 is 24.5 Å². The Morgan fingerprint density at radius 1 is 1.07 bits per heavy atom. The summed E-state index contributed by atoms with van der Waals surface area (Å²) >= 11 is 1.25. The van der Waals surface area contributed by atoms with Crippen molar-refractivity contribution in [3.8, 4) is 5.75 Å². The van der Waals surface area contributed by atoms with Crippen molar-refractivity contribution in [3.63, 3.8) is 0 Å². The minimum Gasteiger partial charge on any atom is -0.482 e. The van der Waals surface area contributed by atoms with Crippen molar-refractivity contribution in [2.45, 2.75) is 20.8 Å². The molecule has 0 fully saturated rings. The molecular weight excluding hydrogens is 398 g/mol. The van der Waals surface area contributed by atoms with Crippen LogP contribution in [0.1, 0.15) is 38.1 Å². The van der Waals surface area contributed by atoms with E-state index in [4.69, 9.17) is 14.2 Å². The molecule has 0 radical (unpaired) electrons. The monoisotopic (exact) mass is 419 g/mol. The number of anilines is 1. The maximum absolute atomic E-state index is 12.1. The van der Waals surface area contributed by atoms with Gasteiger partial charge < -0.3 is 19.5 Å². The fraction of sp³-hybridized carbons (Fsp3) is 0.300. The molecule has 1 aromatic carbocycles. The van der Waals surface area contributed by atoms with Gasteiger partial charge in [0, 0.05) is 10.4 Å². The first-order valence-corrected chi connectivity index (χ1v) is 9.58. The molecule has 0 atom stereocenters. The molecule has 1 amide bonds. The Balaban J connectivity index is 1.86. The Morgan fingerprint density at radius 2 is 1.76 bits per heavy atom. The normalized spacial score (nSPS) is 10.2. The number of hydrogen-bond acceptors (Lipinski definition) is 8. The molecule has 154 valence electrons. The van der Waals surface area contributed by atoms with E-state index in [0.29, 0.717) is 28.2 Å². The number of rotatable bonds is 9. The molecular formula is C20H21NO7S. The van der Waals surface area contributed by atoms with Gasteiger partial charge in [0.2, 0.25) is 0 Å². The fourth-order valence-corrected chi connectivity index (χ4v) is 3.36. The summed E-state index contributed by atoms with van der Waals surface area (Å²) < 4.78 is 15.1. The van der Waals surface area contributed by atoms with Crippen LogP contribution in [0, 0.1) is 13.8 Å². The van der Waals surface area contributed by atoms with E-state index in [1.165, 1.54) is 11.3 Å². The Labute approximate surface area is 171 Å². The first-order valence-electron chi connectivity index (χ1n) is 8.76. The van der Waals surface area contributed by atoms with Crippen LogP contribution in [0.15, 0.2) is 24.3 Å². The summed E-state index contributed by atoms with van der Waals surface area (Å²) in [6, 6.07) is 6.19. The standard InChI is InChI=1S/C20H21NO7S/c1-4-26-20(25)18-12(2)13(3)29-19(18)21-16(23)10-28-17(24)11-27-15-7-5-14(9-22)6-8-15/h5-9H,4,10-11H2,1-3H3,(H,21,23). The van der Waals surface area contributed by atoms with Gasteiger partial charge >= 0.3 is 11.9 Å². The molecule has 0 bridgehead atoms. The predicted molar refractivity (Wildman–Crippen MR) is 107 cm³/mol. The van der Waals surface area contributed by atoms with E-state index in [9.17, 15) is 19.2 Å². The van der Waals surface area contributed by atoms with Crippen molar-refractivity contribution < 1.29 is 33.4 Å². The first kappa shape index (κ1) is 22.1. The molecule has 2 rings (SSSR count). The van der Waals surface area contributed by atoms with E-state index in [-0.39, 0.29) is 13.2 Å². The number of benzene rings is 1. The highest BCUT2D eigenvalue weighted by Crippen LogP contribution is 2.33. The summed E-state index contributed by atoms with van der Waals surface area (Å²) in [5.74, 6) is -1.44. The lowest BCUT2D eigenvalue weighted by atomic mass is 10.1. The van der Waals surface area contributed by atoms with Crippen LogP contribution in [0.4, 0.5) is 5.00 Å². The third kappa shape index (κ3) is 6.15. The molecule has 29 heavy (non-hydrogen) atoms. The molecule has 1 heterocycles. The zero-order valence-corrected chi connectivity index (χ0v) is 17.1. The Kier molecular flexibility index (Phi) is 7.90. The minimum atomic E-state index is -0.733. The highest BCUT2D eigenvalue weighted by molar-refractivity contribution is 7.16. The van der Waals surface area contributed by atoms with Gasteiger partial charge in [0.15, 0.2) is 13.2 Å². The van der Waals surface area contributed by atoms with Gasteiger partial charge in [-0.15, -0.1) is 11.3 Å². The van der Waals surface area contributed by atoms with E-state index >= 15 is 0 Å². The van der Waals surface area contributed by atoms with Crippen molar-refractivity contribution in [1.82, 2.24) is 0 Å². The maximum Gasteiger partial charge on any atom is 0.344 e. The van der Waals surface area contributed by atoms with E-state index in [0.717, 1.165) is 10.4 Å². The Morgan fingerprint density at radius 3 is 2.38 bits per heavy atom. The lowest BCUT2D eigenvalue weighted by molar-refractivity contribution is -0.149. The van der Waals surface area contributed by atoms with Gasteiger partial charge in [0.1, 0.15) is 17.0 Å². The van der Waals surface area contributed by atoms with Crippen LogP contribution >= 0.6 is 11.3 Å². The maximum atomic E-state index is 12.1. The summed E-state index contributed by atoms with van der Waals surface area (Å²) in [5, 5.41) is 2.93. The fourth-order valence-electron chi connectivity index (χ4n) is 2.30. The number of aldehydes is 1. The van der Waals surface area contributed by atoms with Gasteiger partial charge in [-0.05, 0) is 50.6 Å². The second-order valence-electron chi connectivity index (χ2n) is 5.89. The highest BCUT2D eigenvalue weighted by Gasteiger charge is 2.22. The molecule has 1 N–H and O–H groups in total. The van der Waals surface area contributed by atoms with Gasteiger partial charge in [0.05, 0.1) is 12.2 Å². The van der Waals surface area contributed by atoms with Gasteiger partial charge in [-0.1, -0.05) is 0 Å². The lowest BCUT2D eigenvalue weighted by Gasteiger charge is -2.09. The molecule has 8 nitrogen and oxygen atoms in total. The SMILES string of the molecule is CCOC(=O)c1c(NC(=O)COC(=O)COc2ccc(C=O)cc2)sc(C)c1C. The Bertz CT molecular complexity index is 902. The summed E-state index contributed by atoms with van der Waals surface area (Å²) in [6.45, 7) is 4.60. The van der Waals surface area contributed by atoms with Crippen LogP contribution in [-0.4, -0.2) is 44.0 Å². The predicted octanol–water partition coefficient (Wildman–Crippen LogP) is 2.91. The number of thiophene rings is 1. The van der Waals surface area contributed by atoms with Crippen molar-refractivity contribution >= 4 is 40.5 Å². The third-order valence-electron chi connectivity index (χ3n) is 3.85. The quantitative estimate of drug-likeness (QED) is 0.492. The number of carbonyl (C=O) groups is 4. The number of esters is 2. The van der Waals surface area contributed by atoms with Gasteiger partial charge in [-0.25, -0.2) is 9.59 Å². The molecule has 0 aliphatic carbocycles. The smallest absolute Gasteiger partial charge is 0.344 e. The molecule has 1 aromatic heterocycles. The van der Waals surface area contributed by atoms with Gasteiger partial charge in [-0.2, -0.15) is 0 Å². The number of amides is 1. The average Bonchev–Trinajstić information content (AvgIpc) is 2.98. The third-order valence-corrected chi connectivity index (χ3v) is 4.98. The van der Waals surface area contributed by atoms with Gasteiger partial charge in [0.25, 0.3) is 5.91 Å². The number of nitrogens with one attached hydrogen (secondary N) is 1. The number of hydrogen-bond donors (Lipinski definition) is 1. The zero-order chi connectivity index (χ0) is 21.4. The Hall–Kier alpha value is -3.20. The second kappa shape index (κ2) is 10.4. The van der Waals surface area contributed by atoms with Crippen LogP contribution in [0.2, 0.25) is 0 Å². The summed E-state index contributed by atoms with van der Waals surface area (Å²) in [6.07, 6.45) is 0.695. The number of aryl methyl sites for hydroxylation is 1. The van der Waals surface area contributed by atoms with Gasteiger partial charge in [-0.3, -0.25) is 9.59 Å². The van der Waals surface area contributed by atoms with Crippen LogP contribution < -0.4 is 10.1 Å². The number of ether oxygens (including phenoxy) is 3. The summed E-state index contributed by atoms with van der Waals surface area (Å²) in [7, 11) is 0. The second-order valence-corrected chi connectivity index (χ2v) is 7.12. The molecule has 0 unspecified atom stereocenters. The van der Waals surface area contributed by atoms with E-state index in [1.807, 2.05) is 6.92 Å². The van der Waals surface area contributed by atoms with E-state index in [2.05, 4.69) is 5.32 Å². The minimum absolute atomic E-state index is 0.218. The van der Waals surface area contributed by atoms with Crippen molar-refractivity contribution in [1.29, 1.82) is 0 Å². The van der Waals surface area contributed by atoms with Crippen LogP contribution in [0.3, 0.4) is 0 Å². The number of carbonyl (C=O) groups excluding carboxylic acids is 4. The largest absolute Gasteiger partial charge is 0.482 e. The topological polar surface area (TPSA) is 108 Å². The highest BCUT2D eigenvalue weighted by atomic mass is 32.1. The van der Waals surface area contributed by atoms with Crippen LogP contribution in [0.5, 0.6) is 5.75 Å². The molecule has 0 spiro atoms. The van der Waals surface area contributed by atoms with Crippen molar-refractivity contribution in [2.24, 2.45) is 0 Å². The molecule has 0 aliphatic heterocycles. The molecule has 2 aromatic rings. The zero-order valence-electron chi connectivity index (χ0n) is 16.3. The molecule has 9 heteroatoms. The first-order chi connectivity index (χ1) is 13.8. The summed E-state index contributed by atoms with van der Waals surface area (Å²) in [5.41, 5.74) is 1.52. The van der Waals surface area contributed by atoms with Crippen LogP contribution in [-0.2, 0) is 19.1 Å². The van der Waals surface area contributed by atoms with E-state index in [1.54, 1.807) is 38.1 Å². The van der Waals surface area contributed by atoms with Crippen molar-refractivity contribution in [3.05, 3.63) is 45.8 Å². The molecule has 0 saturated carbocycles. The average molecular weight is 419 g/mol.